The predicted molar refractivity (Wildman–Crippen MR) is 180 cm³/mol. The Morgan fingerprint density at radius 1 is 0.740 bits per heavy atom. The zero-order valence-corrected chi connectivity index (χ0v) is 27.9. The zero-order chi connectivity index (χ0) is 37.4. The van der Waals surface area contributed by atoms with Crippen LogP contribution in [0, 0.1) is 0 Å². The molecule has 19 nitrogen and oxygen atoms in total. The number of hydrogen-bond donors (Lipinski definition) is 13. The number of carboxylic acids is 2. The van der Waals surface area contributed by atoms with Crippen LogP contribution in [0.15, 0.2) is 30.5 Å². The largest absolute Gasteiger partial charge is 0.481 e. The van der Waals surface area contributed by atoms with Gasteiger partial charge >= 0.3 is 11.9 Å². The van der Waals surface area contributed by atoms with Gasteiger partial charge in [0.2, 0.25) is 29.5 Å². The maximum absolute atomic E-state index is 13.5. The van der Waals surface area contributed by atoms with E-state index in [2.05, 4.69) is 38.9 Å². The van der Waals surface area contributed by atoms with E-state index in [9.17, 15) is 48.9 Å². The molecular weight excluding hydrogens is 680 g/mol. The third-order valence-electron chi connectivity index (χ3n) is 7.48. The number of H-pyrrole nitrogens is 1. The number of aromatic nitrogens is 1. The molecule has 0 aliphatic carbocycles. The number of amides is 5. The van der Waals surface area contributed by atoms with Crippen LogP contribution in [0.5, 0.6) is 0 Å². The van der Waals surface area contributed by atoms with Gasteiger partial charge in [-0.15, -0.1) is 0 Å². The Labute approximate surface area is 291 Å². The van der Waals surface area contributed by atoms with Gasteiger partial charge in [-0.05, 0) is 31.0 Å². The molecule has 2 rings (SSSR count). The van der Waals surface area contributed by atoms with Crippen molar-refractivity contribution in [1.29, 1.82) is 0 Å². The van der Waals surface area contributed by atoms with Gasteiger partial charge in [-0.3, -0.25) is 28.8 Å². The Morgan fingerprint density at radius 2 is 1.28 bits per heavy atom. The summed E-state index contributed by atoms with van der Waals surface area (Å²) in [6, 6.07) is -2.12. The van der Waals surface area contributed by atoms with E-state index in [1.165, 1.54) is 0 Å². The Morgan fingerprint density at radius 3 is 1.88 bits per heavy atom. The van der Waals surface area contributed by atoms with E-state index in [0.29, 0.717) is 35.9 Å². The Bertz CT molecular complexity index is 1510. The average Bonchev–Trinajstić information content (AvgIpc) is 3.49. The van der Waals surface area contributed by atoms with Gasteiger partial charge in [0, 0.05) is 29.3 Å². The number of nitrogens with two attached hydrogens (primary N) is 2. The molecule has 6 atom stereocenters. The second-order valence-electron chi connectivity index (χ2n) is 11.2. The molecule has 0 fully saturated rings. The number of aliphatic hydroxyl groups excluding tert-OH is 2. The molecule has 0 unspecified atom stereocenters. The van der Waals surface area contributed by atoms with Gasteiger partial charge in [-0.25, -0.2) is 4.79 Å². The maximum Gasteiger partial charge on any atom is 0.328 e. The third-order valence-corrected chi connectivity index (χ3v) is 7.84. The van der Waals surface area contributed by atoms with Crippen molar-refractivity contribution in [3.63, 3.8) is 0 Å². The highest BCUT2D eigenvalue weighted by atomic mass is 32.1. The molecule has 276 valence electrons. The van der Waals surface area contributed by atoms with Crippen molar-refractivity contribution in [2.24, 2.45) is 11.5 Å². The number of carbonyl (C=O) groups is 7. The lowest BCUT2D eigenvalue weighted by atomic mass is 10.0. The number of carboxylic acid groups (broad SMARTS) is 2. The number of aromatic amines is 1. The topological polar surface area (TPSA) is 328 Å². The summed E-state index contributed by atoms with van der Waals surface area (Å²) < 4.78 is 0. The fourth-order valence-electron chi connectivity index (χ4n) is 4.69. The van der Waals surface area contributed by atoms with Gasteiger partial charge < -0.3 is 63.5 Å². The van der Waals surface area contributed by atoms with E-state index in [0.717, 1.165) is 0 Å². The van der Waals surface area contributed by atoms with E-state index < -0.39 is 97.4 Å². The minimum atomic E-state index is -1.77. The summed E-state index contributed by atoms with van der Waals surface area (Å²) >= 11 is 4.08. The summed E-state index contributed by atoms with van der Waals surface area (Å²) in [4.78, 5) is 91.3. The van der Waals surface area contributed by atoms with Crippen molar-refractivity contribution in [2.45, 2.75) is 68.4 Å². The predicted octanol–water partition coefficient (Wildman–Crippen LogP) is -3.94. The van der Waals surface area contributed by atoms with Crippen LogP contribution in [0.2, 0.25) is 0 Å². The van der Waals surface area contributed by atoms with Crippen molar-refractivity contribution in [3.8, 4) is 0 Å². The van der Waals surface area contributed by atoms with E-state index in [4.69, 9.17) is 16.6 Å². The zero-order valence-electron chi connectivity index (χ0n) is 27.0. The second-order valence-corrected chi connectivity index (χ2v) is 11.6. The lowest BCUT2D eigenvalue weighted by Crippen LogP contribution is -2.60. The van der Waals surface area contributed by atoms with Crippen molar-refractivity contribution in [3.05, 3.63) is 36.0 Å². The second kappa shape index (κ2) is 20.7. The van der Waals surface area contributed by atoms with Crippen LogP contribution in [0.1, 0.15) is 31.2 Å². The molecule has 0 saturated carbocycles. The van der Waals surface area contributed by atoms with Gasteiger partial charge in [-0.2, -0.15) is 12.6 Å². The Hall–Kier alpha value is -4.76. The molecule has 5 amide bonds. The quantitative estimate of drug-likeness (QED) is 0.0408. The highest BCUT2D eigenvalue weighted by Gasteiger charge is 2.33. The standard InChI is InChI=1S/C30H44N8O11S/c31-8-4-3-6-17(32)25(43)38-23(14-50)29(47)35-20(10-24(41)42)27(45)34-19(9-15-11-33-18-7-2-1-5-16(15)18)26(44)36-21(12-39)28(46)37-22(13-40)30(48)49/h1-2,5,7,11,17,19-23,33,39-40,50H,3-4,6,8-10,12-14,31-32H2,(H,34,45)(H,35,47)(H,36,44)(H,37,46)(H,38,43)(H,41,42)(H,48,49)/t17-,19-,20-,21-,22-,23-/m0/s1. The Balaban J connectivity index is 2.31. The molecule has 0 spiro atoms. The molecule has 0 saturated heterocycles. The van der Waals surface area contributed by atoms with Crippen molar-refractivity contribution < 1.29 is 54.0 Å². The molecule has 14 N–H and O–H groups in total. The van der Waals surface area contributed by atoms with Crippen molar-refractivity contribution >= 4 is 65.0 Å². The highest BCUT2D eigenvalue weighted by molar-refractivity contribution is 7.80. The molecule has 1 heterocycles. The minimum Gasteiger partial charge on any atom is -0.481 e. The van der Waals surface area contributed by atoms with Gasteiger partial charge in [0.15, 0.2) is 0 Å². The Kier molecular flexibility index (Phi) is 17.1. The number of thiol groups is 1. The third kappa shape index (κ3) is 12.6. The first-order valence-electron chi connectivity index (χ1n) is 15.6. The average molecular weight is 725 g/mol. The minimum absolute atomic E-state index is 0.235. The van der Waals surface area contributed by atoms with Crippen LogP contribution >= 0.6 is 12.6 Å². The van der Waals surface area contributed by atoms with Crippen LogP contribution in [-0.4, -0.2) is 129 Å². The molecule has 20 heteroatoms. The number of benzene rings is 1. The van der Waals surface area contributed by atoms with Gasteiger partial charge in [0.1, 0.15) is 30.2 Å². The van der Waals surface area contributed by atoms with Crippen molar-refractivity contribution in [2.75, 3.05) is 25.5 Å². The summed E-state index contributed by atoms with van der Waals surface area (Å²) in [5, 5.41) is 49.6. The summed E-state index contributed by atoms with van der Waals surface area (Å²) in [7, 11) is 0. The highest BCUT2D eigenvalue weighted by Crippen LogP contribution is 2.19. The molecule has 0 aliphatic rings. The summed E-state index contributed by atoms with van der Waals surface area (Å²) in [5.41, 5.74) is 12.5. The molecule has 0 aliphatic heterocycles. The fourth-order valence-corrected chi connectivity index (χ4v) is 4.95. The number of aliphatic hydroxyl groups is 2. The van der Waals surface area contributed by atoms with E-state index in [-0.39, 0.29) is 18.6 Å². The van der Waals surface area contributed by atoms with Crippen LogP contribution in [0.25, 0.3) is 10.9 Å². The van der Waals surface area contributed by atoms with Gasteiger partial charge in [0.25, 0.3) is 0 Å². The molecule has 0 bridgehead atoms. The first-order chi connectivity index (χ1) is 23.8. The number of hydrogen-bond acceptors (Lipinski definition) is 12. The van der Waals surface area contributed by atoms with Gasteiger partial charge in [-0.1, -0.05) is 24.6 Å². The maximum atomic E-state index is 13.5. The molecule has 50 heavy (non-hydrogen) atoms. The van der Waals surface area contributed by atoms with Gasteiger partial charge in [0.05, 0.1) is 25.7 Å². The summed E-state index contributed by atoms with van der Waals surface area (Å²) in [6.45, 7) is -1.58. The smallest absolute Gasteiger partial charge is 0.328 e. The van der Waals surface area contributed by atoms with E-state index in [1.54, 1.807) is 30.5 Å². The normalized spacial score (nSPS) is 14.7. The van der Waals surface area contributed by atoms with Crippen LogP contribution in [0.4, 0.5) is 0 Å². The molecule has 1 aromatic heterocycles. The van der Waals surface area contributed by atoms with E-state index in [1.807, 2.05) is 5.32 Å². The van der Waals surface area contributed by atoms with Crippen LogP contribution in [-0.2, 0) is 40.0 Å². The van der Waals surface area contributed by atoms with Crippen LogP contribution in [0.3, 0.4) is 0 Å². The summed E-state index contributed by atoms with van der Waals surface area (Å²) in [5.74, 6) is -8.29. The number of aliphatic carboxylic acids is 2. The number of carbonyl (C=O) groups excluding carboxylic acids is 5. The van der Waals surface area contributed by atoms with E-state index >= 15 is 0 Å². The number of unbranched alkanes of at least 4 members (excludes halogenated alkanes) is 1. The SMILES string of the molecule is NCCCC[C@H](N)C(=O)N[C@@H](CS)C(=O)N[C@@H](CC(=O)O)C(=O)N[C@@H](Cc1c[nH]c2ccccc12)C(=O)N[C@@H](CO)C(=O)N[C@@H](CO)C(=O)O. The molecular formula is C30H44N8O11S. The molecule has 2 aromatic rings. The number of rotatable bonds is 22. The molecule has 0 radical (unpaired) electrons. The first-order valence-corrected chi connectivity index (χ1v) is 16.2. The van der Waals surface area contributed by atoms with Crippen LogP contribution < -0.4 is 38.1 Å². The lowest BCUT2D eigenvalue weighted by Gasteiger charge is -2.26. The molecule has 1 aromatic carbocycles. The lowest BCUT2D eigenvalue weighted by molar-refractivity contribution is -0.143. The number of nitrogens with one attached hydrogen (secondary N) is 6. The summed E-state index contributed by atoms with van der Waals surface area (Å²) in [6.07, 6.45) is 1.86. The van der Waals surface area contributed by atoms with Crippen molar-refractivity contribution in [1.82, 2.24) is 31.6 Å². The number of fused-ring (bicyclic) bond motifs is 1. The fraction of sp³-hybridized carbons (Fsp3) is 0.500. The first kappa shape index (κ1) is 41.4. The number of para-hydroxylation sites is 1. The monoisotopic (exact) mass is 724 g/mol.